The highest BCUT2D eigenvalue weighted by atomic mass is 32.2. The minimum absolute atomic E-state index is 0.153. The highest BCUT2D eigenvalue weighted by Gasteiger charge is 2.31. The lowest BCUT2D eigenvalue weighted by atomic mass is 9.79. The Morgan fingerprint density at radius 2 is 1.73 bits per heavy atom. The van der Waals surface area contributed by atoms with Gasteiger partial charge in [0.05, 0.1) is 17.2 Å². The molecule has 3 nitrogen and oxygen atoms in total. The summed E-state index contributed by atoms with van der Waals surface area (Å²) in [6, 6.07) is 2.37. The molecule has 1 fully saturated rings. The molecular formula is C11H19NO2S. The monoisotopic (exact) mass is 229 g/mol. The van der Waals surface area contributed by atoms with Crippen molar-refractivity contribution in [3.8, 4) is 6.07 Å². The Hall–Kier alpha value is -0.560. The molecule has 0 spiro atoms. The topological polar surface area (TPSA) is 57.9 Å². The first-order valence-electron chi connectivity index (χ1n) is 5.56. The van der Waals surface area contributed by atoms with E-state index in [9.17, 15) is 13.7 Å². The van der Waals surface area contributed by atoms with Gasteiger partial charge in [-0.3, -0.25) is 0 Å². The fraction of sp³-hybridized carbons (Fsp3) is 0.909. The van der Waals surface area contributed by atoms with Gasteiger partial charge in [-0.15, -0.1) is 0 Å². The highest BCUT2D eigenvalue weighted by molar-refractivity contribution is 7.90. The van der Waals surface area contributed by atoms with Gasteiger partial charge in [-0.25, -0.2) is 8.42 Å². The third-order valence-electron chi connectivity index (χ3n) is 3.25. The average molecular weight is 229 g/mol. The smallest absolute Gasteiger partial charge is 0.147 e. The van der Waals surface area contributed by atoms with Gasteiger partial charge in [0.15, 0.2) is 0 Å². The summed E-state index contributed by atoms with van der Waals surface area (Å²) in [4.78, 5) is 0. The van der Waals surface area contributed by atoms with Crippen molar-refractivity contribution in [1.82, 2.24) is 0 Å². The number of nitriles is 1. The predicted molar refractivity (Wildman–Crippen MR) is 60.1 cm³/mol. The van der Waals surface area contributed by atoms with Gasteiger partial charge in [-0.2, -0.15) is 5.26 Å². The van der Waals surface area contributed by atoms with Gasteiger partial charge in [0.1, 0.15) is 9.84 Å². The second-order valence-electron chi connectivity index (χ2n) is 4.69. The number of hydrogen-bond acceptors (Lipinski definition) is 3. The van der Waals surface area contributed by atoms with Gasteiger partial charge >= 0.3 is 0 Å². The fourth-order valence-electron chi connectivity index (χ4n) is 2.20. The number of nitrogens with zero attached hydrogens (tertiary/aromatic N) is 1. The van der Waals surface area contributed by atoms with E-state index in [0.29, 0.717) is 6.42 Å². The van der Waals surface area contributed by atoms with Crippen LogP contribution < -0.4 is 0 Å². The Labute approximate surface area is 92.4 Å². The van der Waals surface area contributed by atoms with E-state index in [2.05, 4.69) is 6.07 Å². The van der Waals surface area contributed by atoms with Crippen molar-refractivity contribution >= 4 is 9.84 Å². The Balaban J connectivity index is 2.63. The van der Waals surface area contributed by atoms with E-state index in [-0.39, 0.29) is 11.2 Å². The molecule has 0 aromatic rings. The van der Waals surface area contributed by atoms with Crippen LogP contribution in [0.2, 0.25) is 0 Å². The second kappa shape index (κ2) is 4.98. The maximum absolute atomic E-state index is 11.1. The van der Waals surface area contributed by atoms with Crippen LogP contribution in [-0.2, 0) is 9.84 Å². The molecule has 86 valence electrons. The van der Waals surface area contributed by atoms with Crippen molar-refractivity contribution in [3.05, 3.63) is 0 Å². The van der Waals surface area contributed by atoms with Crippen LogP contribution in [0, 0.1) is 16.7 Å². The van der Waals surface area contributed by atoms with E-state index in [4.69, 9.17) is 0 Å². The molecule has 15 heavy (non-hydrogen) atoms. The lowest BCUT2D eigenvalue weighted by Gasteiger charge is -2.24. The molecule has 1 saturated carbocycles. The van der Waals surface area contributed by atoms with Crippen molar-refractivity contribution in [2.24, 2.45) is 5.41 Å². The van der Waals surface area contributed by atoms with Crippen LogP contribution in [-0.4, -0.2) is 20.4 Å². The minimum atomic E-state index is -2.93. The molecule has 0 heterocycles. The van der Waals surface area contributed by atoms with E-state index in [1.54, 1.807) is 0 Å². The molecule has 0 amide bonds. The highest BCUT2D eigenvalue weighted by Crippen LogP contribution is 2.37. The molecular weight excluding hydrogens is 210 g/mol. The molecule has 0 radical (unpaired) electrons. The van der Waals surface area contributed by atoms with E-state index < -0.39 is 9.84 Å². The summed E-state index contributed by atoms with van der Waals surface area (Å²) < 4.78 is 22.2. The zero-order valence-corrected chi connectivity index (χ0v) is 10.1. The van der Waals surface area contributed by atoms with E-state index in [0.717, 1.165) is 25.7 Å². The Kier molecular flexibility index (Phi) is 4.15. The maximum atomic E-state index is 11.1. The quantitative estimate of drug-likeness (QED) is 0.698. The summed E-state index contributed by atoms with van der Waals surface area (Å²) in [5, 5.41) is 9.22. The van der Waals surface area contributed by atoms with Gasteiger partial charge < -0.3 is 0 Å². The first-order valence-corrected chi connectivity index (χ1v) is 7.63. The lowest BCUT2D eigenvalue weighted by molar-refractivity contribution is 0.330. The van der Waals surface area contributed by atoms with Crippen LogP contribution in [0.5, 0.6) is 0 Å². The lowest BCUT2D eigenvalue weighted by Crippen LogP contribution is -2.21. The van der Waals surface area contributed by atoms with E-state index in [1.807, 2.05) is 0 Å². The molecule has 0 N–H and O–H groups in total. The molecule has 1 aliphatic carbocycles. The van der Waals surface area contributed by atoms with E-state index in [1.165, 1.54) is 19.1 Å². The summed E-state index contributed by atoms with van der Waals surface area (Å²) in [5.74, 6) is 0.153. The first-order chi connectivity index (χ1) is 6.97. The molecule has 0 aliphatic heterocycles. The number of sulfone groups is 1. The maximum Gasteiger partial charge on any atom is 0.147 e. The normalized spacial score (nSPS) is 21.6. The van der Waals surface area contributed by atoms with Gasteiger partial charge in [-0.05, 0) is 19.3 Å². The summed E-state index contributed by atoms with van der Waals surface area (Å²) in [5.41, 5.74) is -0.362. The Morgan fingerprint density at radius 3 is 2.13 bits per heavy atom. The van der Waals surface area contributed by atoms with Crippen LogP contribution in [0.4, 0.5) is 0 Å². The summed E-state index contributed by atoms with van der Waals surface area (Å²) >= 11 is 0. The molecule has 0 bridgehead atoms. The average Bonchev–Trinajstić information content (AvgIpc) is 2.40. The fourth-order valence-corrected chi connectivity index (χ4v) is 2.97. The van der Waals surface area contributed by atoms with Crippen LogP contribution >= 0.6 is 0 Å². The van der Waals surface area contributed by atoms with Crippen molar-refractivity contribution in [2.75, 3.05) is 12.0 Å². The number of hydrogen-bond donors (Lipinski definition) is 0. The van der Waals surface area contributed by atoms with Crippen molar-refractivity contribution in [2.45, 2.75) is 44.9 Å². The molecule has 0 saturated heterocycles. The van der Waals surface area contributed by atoms with Crippen LogP contribution in [0.25, 0.3) is 0 Å². The molecule has 4 heteroatoms. The van der Waals surface area contributed by atoms with Crippen molar-refractivity contribution in [1.29, 1.82) is 5.26 Å². The van der Waals surface area contributed by atoms with Crippen LogP contribution in [0.3, 0.4) is 0 Å². The predicted octanol–water partition coefficient (Wildman–Crippen LogP) is 2.29. The van der Waals surface area contributed by atoms with Gasteiger partial charge in [0, 0.05) is 6.26 Å². The molecule has 0 aromatic carbocycles. The summed E-state index contributed by atoms with van der Waals surface area (Å²) in [6.07, 6.45) is 8.01. The summed E-state index contributed by atoms with van der Waals surface area (Å²) in [6.45, 7) is 0. The van der Waals surface area contributed by atoms with Gasteiger partial charge in [0.2, 0.25) is 0 Å². The third kappa shape index (κ3) is 4.21. The molecule has 0 aromatic heterocycles. The van der Waals surface area contributed by atoms with E-state index >= 15 is 0 Å². The standard InChI is InChI=1S/C11H19NO2S/c1-15(13,14)9-8-11(10-12)6-4-2-3-5-7-11/h2-9H2,1H3. The Bertz CT molecular complexity index is 332. The second-order valence-corrected chi connectivity index (χ2v) is 6.95. The molecule has 1 rings (SSSR count). The molecule has 0 atom stereocenters. The van der Waals surface area contributed by atoms with Crippen molar-refractivity contribution < 1.29 is 8.42 Å². The molecule has 1 aliphatic rings. The van der Waals surface area contributed by atoms with Crippen molar-refractivity contribution in [3.63, 3.8) is 0 Å². The first kappa shape index (κ1) is 12.5. The van der Waals surface area contributed by atoms with Gasteiger partial charge in [0.25, 0.3) is 0 Å². The van der Waals surface area contributed by atoms with Gasteiger partial charge in [-0.1, -0.05) is 25.7 Å². The molecule has 0 unspecified atom stereocenters. The van der Waals surface area contributed by atoms with Crippen LogP contribution in [0.15, 0.2) is 0 Å². The minimum Gasteiger partial charge on any atom is -0.229 e. The number of rotatable bonds is 3. The van der Waals surface area contributed by atoms with Crippen LogP contribution in [0.1, 0.15) is 44.9 Å². The third-order valence-corrected chi connectivity index (χ3v) is 4.19. The Morgan fingerprint density at radius 1 is 1.20 bits per heavy atom. The zero-order valence-electron chi connectivity index (χ0n) is 9.33. The SMILES string of the molecule is CS(=O)(=O)CCC1(C#N)CCCCCC1. The zero-order chi connectivity index (χ0) is 11.4. The largest absolute Gasteiger partial charge is 0.229 e. The summed E-state index contributed by atoms with van der Waals surface area (Å²) in [7, 11) is -2.93.